The van der Waals surface area contributed by atoms with Crippen molar-refractivity contribution in [1.29, 1.82) is 0 Å². The molecule has 6 heteroatoms. The number of amides is 1. The highest BCUT2D eigenvalue weighted by atomic mass is 79.9. The molecular weight excluding hydrogens is 308 g/mol. The number of carbonyl (C=O) groups is 1. The van der Waals surface area contributed by atoms with Gasteiger partial charge in [0.15, 0.2) is 5.82 Å². The SMILES string of the molecule is Cc1cc(C)cc(-c2ncn(/C=C(\Br)C(N)=O)n2)c1. The van der Waals surface area contributed by atoms with Gasteiger partial charge in [0, 0.05) is 5.56 Å². The van der Waals surface area contributed by atoms with E-state index in [1.807, 2.05) is 26.0 Å². The first-order valence-electron chi connectivity index (χ1n) is 5.62. The van der Waals surface area contributed by atoms with Gasteiger partial charge in [-0.15, -0.1) is 5.10 Å². The Labute approximate surface area is 119 Å². The van der Waals surface area contributed by atoms with E-state index in [0.29, 0.717) is 5.82 Å². The van der Waals surface area contributed by atoms with E-state index in [-0.39, 0.29) is 4.48 Å². The van der Waals surface area contributed by atoms with Gasteiger partial charge in [-0.05, 0) is 41.9 Å². The molecule has 2 N–H and O–H groups in total. The van der Waals surface area contributed by atoms with Gasteiger partial charge in [0.25, 0.3) is 5.91 Å². The molecule has 19 heavy (non-hydrogen) atoms. The first-order valence-corrected chi connectivity index (χ1v) is 6.42. The van der Waals surface area contributed by atoms with E-state index in [0.717, 1.165) is 16.7 Å². The van der Waals surface area contributed by atoms with Gasteiger partial charge in [-0.2, -0.15) is 0 Å². The van der Waals surface area contributed by atoms with Crippen LogP contribution in [-0.2, 0) is 4.79 Å². The Morgan fingerprint density at radius 1 is 1.32 bits per heavy atom. The average molecular weight is 321 g/mol. The maximum atomic E-state index is 10.9. The van der Waals surface area contributed by atoms with E-state index in [2.05, 4.69) is 32.1 Å². The Bertz CT molecular complexity index is 640. The van der Waals surface area contributed by atoms with Crippen molar-refractivity contribution in [2.45, 2.75) is 13.8 Å². The van der Waals surface area contributed by atoms with E-state index in [9.17, 15) is 4.79 Å². The molecule has 5 nitrogen and oxygen atoms in total. The summed E-state index contributed by atoms with van der Waals surface area (Å²) in [4.78, 5) is 15.1. The predicted molar refractivity (Wildman–Crippen MR) is 77.3 cm³/mol. The highest BCUT2D eigenvalue weighted by molar-refractivity contribution is 9.12. The number of primary amides is 1. The number of hydrogen-bond donors (Lipinski definition) is 1. The molecule has 2 aromatic rings. The molecule has 0 aliphatic carbocycles. The van der Waals surface area contributed by atoms with Crippen molar-refractivity contribution in [1.82, 2.24) is 14.8 Å². The molecule has 1 heterocycles. The van der Waals surface area contributed by atoms with Gasteiger partial charge in [0.2, 0.25) is 0 Å². The topological polar surface area (TPSA) is 73.8 Å². The molecule has 0 saturated heterocycles. The fraction of sp³-hybridized carbons (Fsp3) is 0.154. The normalized spacial score (nSPS) is 11.6. The lowest BCUT2D eigenvalue weighted by Crippen LogP contribution is -2.10. The van der Waals surface area contributed by atoms with Gasteiger partial charge in [-0.1, -0.05) is 17.2 Å². The monoisotopic (exact) mass is 320 g/mol. The van der Waals surface area contributed by atoms with Crippen molar-refractivity contribution < 1.29 is 4.79 Å². The minimum Gasteiger partial charge on any atom is -0.365 e. The zero-order valence-electron chi connectivity index (χ0n) is 10.6. The molecule has 0 radical (unpaired) electrons. The summed E-state index contributed by atoms with van der Waals surface area (Å²) in [5, 5.41) is 4.28. The molecule has 1 aromatic heterocycles. The molecule has 0 aliphatic rings. The standard InChI is InChI=1S/C13H13BrN4O/c1-8-3-9(2)5-10(4-8)13-16-7-18(17-13)6-11(14)12(15)19/h3-7H,1-2H3,(H2,15,19)/b11-6-. The molecule has 1 amide bonds. The lowest BCUT2D eigenvalue weighted by Gasteiger charge is -2.00. The van der Waals surface area contributed by atoms with E-state index < -0.39 is 5.91 Å². The van der Waals surface area contributed by atoms with E-state index in [1.54, 1.807) is 0 Å². The maximum absolute atomic E-state index is 10.9. The fourth-order valence-electron chi connectivity index (χ4n) is 1.75. The van der Waals surface area contributed by atoms with Crippen molar-refractivity contribution >= 4 is 28.0 Å². The van der Waals surface area contributed by atoms with Gasteiger partial charge in [-0.25, -0.2) is 9.67 Å². The Hall–Kier alpha value is -1.95. The van der Waals surface area contributed by atoms with Crippen LogP contribution in [0, 0.1) is 13.8 Å². The summed E-state index contributed by atoms with van der Waals surface area (Å²) in [6.45, 7) is 4.05. The molecule has 98 valence electrons. The molecule has 0 saturated carbocycles. The Morgan fingerprint density at radius 3 is 2.53 bits per heavy atom. The number of halogens is 1. The summed E-state index contributed by atoms with van der Waals surface area (Å²) in [5.41, 5.74) is 8.38. The van der Waals surface area contributed by atoms with Crippen LogP contribution in [0.3, 0.4) is 0 Å². The van der Waals surface area contributed by atoms with Crippen LogP contribution in [0.1, 0.15) is 11.1 Å². The fourth-order valence-corrected chi connectivity index (χ4v) is 1.96. The number of carbonyl (C=O) groups excluding carboxylic acids is 1. The molecule has 0 unspecified atom stereocenters. The lowest BCUT2D eigenvalue weighted by molar-refractivity contribution is -0.113. The second-order valence-electron chi connectivity index (χ2n) is 4.27. The van der Waals surface area contributed by atoms with Crippen LogP contribution in [-0.4, -0.2) is 20.7 Å². The van der Waals surface area contributed by atoms with E-state index in [4.69, 9.17) is 5.73 Å². The summed E-state index contributed by atoms with van der Waals surface area (Å²) < 4.78 is 1.69. The van der Waals surface area contributed by atoms with Crippen molar-refractivity contribution in [2.24, 2.45) is 5.73 Å². The molecule has 1 aromatic carbocycles. The van der Waals surface area contributed by atoms with Gasteiger partial charge >= 0.3 is 0 Å². The van der Waals surface area contributed by atoms with Crippen LogP contribution in [0.4, 0.5) is 0 Å². The van der Waals surface area contributed by atoms with Crippen LogP contribution in [0.15, 0.2) is 29.0 Å². The number of hydrogen-bond acceptors (Lipinski definition) is 3. The van der Waals surface area contributed by atoms with Gasteiger partial charge in [0.1, 0.15) is 10.8 Å². The van der Waals surface area contributed by atoms with Gasteiger partial charge in [0.05, 0.1) is 6.20 Å². The Morgan fingerprint density at radius 2 is 1.95 bits per heavy atom. The third-order valence-corrected chi connectivity index (χ3v) is 3.06. The quantitative estimate of drug-likeness (QED) is 0.881. The van der Waals surface area contributed by atoms with Crippen LogP contribution in [0.2, 0.25) is 0 Å². The summed E-state index contributed by atoms with van der Waals surface area (Å²) in [7, 11) is 0. The van der Waals surface area contributed by atoms with Crippen molar-refractivity contribution in [3.05, 3.63) is 40.1 Å². The summed E-state index contributed by atoms with van der Waals surface area (Å²) in [5.74, 6) is 0.0521. The molecule has 0 spiro atoms. The molecule has 0 atom stereocenters. The minimum atomic E-state index is -0.552. The van der Waals surface area contributed by atoms with Crippen LogP contribution < -0.4 is 5.73 Å². The maximum Gasteiger partial charge on any atom is 0.257 e. The second-order valence-corrected chi connectivity index (χ2v) is 5.12. The summed E-state index contributed by atoms with van der Waals surface area (Å²) >= 11 is 3.07. The average Bonchev–Trinajstić information content (AvgIpc) is 2.76. The van der Waals surface area contributed by atoms with Crippen molar-refractivity contribution in [2.75, 3.05) is 0 Å². The Kier molecular flexibility index (Phi) is 3.80. The molecule has 0 aliphatic heterocycles. The number of rotatable bonds is 3. The smallest absolute Gasteiger partial charge is 0.257 e. The largest absolute Gasteiger partial charge is 0.365 e. The number of benzene rings is 1. The highest BCUT2D eigenvalue weighted by Crippen LogP contribution is 2.18. The van der Waals surface area contributed by atoms with Crippen LogP contribution >= 0.6 is 15.9 Å². The molecular formula is C13H13BrN4O. The summed E-state index contributed by atoms with van der Waals surface area (Å²) in [6, 6.07) is 6.11. The molecule has 0 bridgehead atoms. The van der Waals surface area contributed by atoms with Crippen molar-refractivity contribution in [3.63, 3.8) is 0 Å². The molecule has 2 rings (SSSR count). The molecule has 0 fully saturated rings. The second kappa shape index (κ2) is 5.36. The zero-order chi connectivity index (χ0) is 14.0. The number of nitrogens with two attached hydrogens (primary N) is 1. The third-order valence-electron chi connectivity index (χ3n) is 2.47. The highest BCUT2D eigenvalue weighted by Gasteiger charge is 2.06. The third kappa shape index (κ3) is 3.29. The van der Waals surface area contributed by atoms with Crippen LogP contribution in [0.25, 0.3) is 17.6 Å². The first-order chi connectivity index (χ1) is 8.95. The van der Waals surface area contributed by atoms with Crippen LogP contribution in [0.5, 0.6) is 0 Å². The number of aromatic nitrogens is 3. The number of aryl methyl sites for hydroxylation is 2. The first kappa shape index (κ1) is 13.5. The predicted octanol–water partition coefficient (Wildman–Crippen LogP) is 2.24. The zero-order valence-corrected chi connectivity index (χ0v) is 12.2. The van der Waals surface area contributed by atoms with Gasteiger partial charge < -0.3 is 5.73 Å². The number of nitrogens with zero attached hydrogens (tertiary/aromatic N) is 3. The van der Waals surface area contributed by atoms with E-state index >= 15 is 0 Å². The van der Waals surface area contributed by atoms with E-state index in [1.165, 1.54) is 17.2 Å². The van der Waals surface area contributed by atoms with Crippen molar-refractivity contribution in [3.8, 4) is 11.4 Å². The minimum absolute atomic E-state index is 0.240. The summed E-state index contributed by atoms with van der Waals surface area (Å²) in [6.07, 6.45) is 3.00. The van der Waals surface area contributed by atoms with Gasteiger partial charge in [-0.3, -0.25) is 4.79 Å². The Balaban J connectivity index is 2.36. The lowest BCUT2D eigenvalue weighted by atomic mass is 10.1.